The number of carbonyl (C=O) groups is 2. The van der Waals surface area contributed by atoms with Crippen molar-refractivity contribution in [1.29, 1.82) is 0 Å². The van der Waals surface area contributed by atoms with Crippen LogP contribution < -0.4 is 16.0 Å². The molecule has 8 heteroatoms. The van der Waals surface area contributed by atoms with Gasteiger partial charge < -0.3 is 16.0 Å². The van der Waals surface area contributed by atoms with E-state index in [1.807, 2.05) is 24.3 Å². The molecule has 1 aliphatic rings. The van der Waals surface area contributed by atoms with Crippen molar-refractivity contribution in [1.82, 2.24) is 4.90 Å². The molecule has 28 heavy (non-hydrogen) atoms. The van der Waals surface area contributed by atoms with E-state index in [0.717, 1.165) is 36.8 Å². The molecule has 2 aromatic carbocycles. The first-order valence-electron chi connectivity index (χ1n) is 9.04. The smallest absolute Gasteiger partial charge is 0.238 e. The molecule has 2 amide bonds. The van der Waals surface area contributed by atoms with Gasteiger partial charge in [-0.15, -0.1) is 11.8 Å². The normalized spacial score (nSPS) is 14.7. The van der Waals surface area contributed by atoms with Crippen LogP contribution in [0.2, 0.25) is 0 Å². The van der Waals surface area contributed by atoms with Gasteiger partial charge in [-0.05, 0) is 36.4 Å². The number of carbonyl (C=O) groups excluding carboxylic acids is 2. The molecule has 3 N–H and O–H groups in total. The molecule has 1 heterocycles. The van der Waals surface area contributed by atoms with Crippen LogP contribution in [0.4, 0.5) is 15.8 Å². The van der Waals surface area contributed by atoms with Gasteiger partial charge in [0, 0.05) is 36.8 Å². The first-order chi connectivity index (χ1) is 13.5. The zero-order valence-corrected chi connectivity index (χ0v) is 16.3. The second-order valence-electron chi connectivity index (χ2n) is 6.54. The second-order valence-corrected chi connectivity index (χ2v) is 7.56. The highest BCUT2D eigenvalue weighted by Crippen LogP contribution is 2.26. The Morgan fingerprint density at radius 2 is 1.71 bits per heavy atom. The lowest BCUT2D eigenvalue weighted by molar-refractivity contribution is -0.117. The van der Waals surface area contributed by atoms with Crippen LogP contribution in [0.5, 0.6) is 0 Å². The first-order valence-corrected chi connectivity index (χ1v) is 10.0. The standard InChI is InChI=1S/C20H23FN4O2S/c21-15-5-7-16(8-6-15)25-11-9-24(10-12-25)13-20(27)23-17-3-1-2-4-18(17)28-14-19(22)26/h1-8H,9-14H2,(H2,22,26)(H,23,27). The monoisotopic (exact) mass is 402 g/mol. The Kier molecular flexibility index (Phi) is 6.89. The summed E-state index contributed by atoms with van der Waals surface area (Å²) in [6.07, 6.45) is 0. The van der Waals surface area contributed by atoms with Crippen molar-refractivity contribution in [3.63, 3.8) is 0 Å². The van der Waals surface area contributed by atoms with E-state index >= 15 is 0 Å². The number of thioether (sulfide) groups is 1. The first kappa shape index (κ1) is 20.2. The van der Waals surface area contributed by atoms with Crippen molar-refractivity contribution in [3.05, 3.63) is 54.3 Å². The fourth-order valence-corrected chi connectivity index (χ4v) is 3.80. The van der Waals surface area contributed by atoms with E-state index in [4.69, 9.17) is 5.73 Å². The summed E-state index contributed by atoms with van der Waals surface area (Å²) in [5, 5.41) is 2.92. The maximum atomic E-state index is 13.1. The number of primary amides is 1. The molecule has 0 aliphatic carbocycles. The van der Waals surface area contributed by atoms with Crippen LogP contribution in [0.3, 0.4) is 0 Å². The number of nitrogens with one attached hydrogen (secondary N) is 1. The molecule has 1 saturated heterocycles. The van der Waals surface area contributed by atoms with Crippen LogP contribution in [0.25, 0.3) is 0 Å². The quantitative estimate of drug-likeness (QED) is 0.694. The highest BCUT2D eigenvalue weighted by Gasteiger charge is 2.19. The summed E-state index contributed by atoms with van der Waals surface area (Å²) in [6, 6.07) is 13.8. The van der Waals surface area contributed by atoms with Crippen LogP contribution in [0.15, 0.2) is 53.4 Å². The van der Waals surface area contributed by atoms with Crippen LogP contribution in [0.1, 0.15) is 0 Å². The fraction of sp³-hybridized carbons (Fsp3) is 0.300. The molecule has 3 rings (SSSR count). The molecular formula is C20H23FN4O2S. The third kappa shape index (κ3) is 5.71. The minimum Gasteiger partial charge on any atom is -0.369 e. The maximum Gasteiger partial charge on any atom is 0.238 e. The van der Waals surface area contributed by atoms with Gasteiger partial charge in [0.2, 0.25) is 11.8 Å². The van der Waals surface area contributed by atoms with Crippen molar-refractivity contribution >= 4 is 35.0 Å². The molecule has 0 bridgehead atoms. The lowest BCUT2D eigenvalue weighted by Crippen LogP contribution is -2.48. The third-order valence-corrected chi connectivity index (χ3v) is 5.56. The molecule has 0 atom stereocenters. The molecule has 2 aromatic rings. The van der Waals surface area contributed by atoms with Gasteiger partial charge in [-0.25, -0.2) is 4.39 Å². The van der Waals surface area contributed by atoms with Crippen LogP contribution >= 0.6 is 11.8 Å². The predicted molar refractivity (Wildman–Crippen MR) is 110 cm³/mol. The molecular weight excluding hydrogens is 379 g/mol. The number of hydrogen-bond acceptors (Lipinski definition) is 5. The molecule has 1 aliphatic heterocycles. The van der Waals surface area contributed by atoms with Crippen LogP contribution in [0, 0.1) is 5.82 Å². The van der Waals surface area contributed by atoms with E-state index in [-0.39, 0.29) is 17.5 Å². The van der Waals surface area contributed by atoms with Crippen molar-refractivity contribution in [3.8, 4) is 0 Å². The molecule has 0 unspecified atom stereocenters. The molecule has 0 radical (unpaired) electrons. The van der Waals surface area contributed by atoms with E-state index in [0.29, 0.717) is 12.2 Å². The molecule has 0 spiro atoms. The largest absolute Gasteiger partial charge is 0.369 e. The Balaban J connectivity index is 1.50. The fourth-order valence-electron chi connectivity index (χ4n) is 3.05. The summed E-state index contributed by atoms with van der Waals surface area (Å²) in [6.45, 7) is 3.37. The van der Waals surface area contributed by atoms with Gasteiger partial charge >= 0.3 is 0 Å². The number of rotatable bonds is 7. The van der Waals surface area contributed by atoms with E-state index in [1.165, 1.54) is 23.9 Å². The molecule has 0 saturated carbocycles. The van der Waals surface area contributed by atoms with Crippen molar-refractivity contribution < 1.29 is 14.0 Å². The predicted octanol–water partition coefficient (Wildman–Crippen LogP) is 2.16. The van der Waals surface area contributed by atoms with Crippen molar-refractivity contribution in [2.75, 3.05) is 48.7 Å². The SMILES string of the molecule is NC(=O)CSc1ccccc1NC(=O)CN1CCN(c2ccc(F)cc2)CC1. The van der Waals surface area contributed by atoms with E-state index in [2.05, 4.69) is 15.1 Å². The molecule has 148 valence electrons. The summed E-state index contributed by atoms with van der Waals surface area (Å²) in [5.74, 6) is -0.570. The number of piperazine rings is 1. The lowest BCUT2D eigenvalue weighted by atomic mass is 10.2. The van der Waals surface area contributed by atoms with Crippen LogP contribution in [-0.2, 0) is 9.59 Å². The Bertz CT molecular complexity index is 823. The van der Waals surface area contributed by atoms with Gasteiger partial charge in [0.05, 0.1) is 18.0 Å². The molecule has 0 aromatic heterocycles. The maximum absolute atomic E-state index is 13.1. The van der Waals surface area contributed by atoms with Gasteiger partial charge in [0.25, 0.3) is 0 Å². The highest BCUT2D eigenvalue weighted by atomic mass is 32.2. The molecule has 6 nitrogen and oxygen atoms in total. The zero-order valence-electron chi connectivity index (χ0n) is 15.4. The summed E-state index contributed by atoms with van der Waals surface area (Å²) < 4.78 is 13.1. The van der Waals surface area contributed by atoms with E-state index in [9.17, 15) is 14.0 Å². The summed E-state index contributed by atoms with van der Waals surface area (Å²) in [7, 11) is 0. The zero-order chi connectivity index (χ0) is 19.9. The van der Waals surface area contributed by atoms with E-state index < -0.39 is 5.91 Å². The highest BCUT2D eigenvalue weighted by molar-refractivity contribution is 8.00. The third-order valence-electron chi connectivity index (χ3n) is 4.46. The number of hydrogen-bond donors (Lipinski definition) is 2. The minimum atomic E-state index is -0.398. The van der Waals surface area contributed by atoms with Gasteiger partial charge in [0.1, 0.15) is 5.82 Å². The van der Waals surface area contributed by atoms with E-state index in [1.54, 1.807) is 12.1 Å². The Labute approximate surface area is 167 Å². The number of para-hydroxylation sites is 1. The Hall–Kier alpha value is -2.58. The average Bonchev–Trinajstić information content (AvgIpc) is 2.68. The number of anilines is 2. The van der Waals surface area contributed by atoms with Gasteiger partial charge in [-0.3, -0.25) is 14.5 Å². The number of benzene rings is 2. The topological polar surface area (TPSA) is 78.7 Å². The molecule has 1 fully saturated rings. The number of halogens is 1. The van der Waals surface area contributed by atoms with Gasteiger partial charge in [-0.2, -0.15) is 0 Å². The van der Waals surface area contributed by atoms with Gasteiger partial charge in [0.15, 0.2) is 0 Å². The Morgan fingerprint density at radius 3 is 2.39 bits per heavy atom. The summed E-state index contributed by atoms with van der Waals surface area (Å²) in [4.78, 5) is 28.5. The number of nitrogens with zero attached hydrogens (tertiary/aromatic N) is 2. The summed E-state index contributed by atoms with van der Waals surface area (Å²) >= 11 is 1.31. The second kappa shape index (κ2) is 9.57. The van der Waals surface area contributed by atoms with Crippen molar-refractivity contribution in [2.45, 2.75) is 4.90 Å². The van der Waals surface area contributed by atoms with Crippen LogP contribution in [-0.4, -0.2) is 55.2 Å². The number of nitrogens with two attached hydrogens (primary N) is 1. The Morgan fingerprint density at radius 1 is 1.04 bits per heavy atom. The van der Waals surface area contributed by atoms with Crippen molar-refractivity contribution in [2.24, 2.45) is 5.73 Å². The average molecular weight is 402 g/mol. The van der Waals surface area contributed by atoms with Gasteiger partial charge in [-0.1, -0.05) is 12.1 Å². The minimum absolute atomic E-state index is 0.0950. The summed E-state index contributed by atoms with van der Waals surface area (Å²) in [5.41, 5.74) is 6.88. The lowest BCUT2D eigenvalue weighted by Gasteiger charge is -2.35. The number of amides is 2.